The van der Waals surface area contributed by atoms with Gasteiger partial charge in [0.1, 0.15) is 17.3 Å². The van der Waals surface area contributed by atoms with Gasteiger partial charge in [-0.3, -0.25) is 0 Å². The summed E-state index contributed by atoms with van der Waals surface area (Å²) in [5.74, 6) is -1.69. The quantitative estimate of drug-likeness (QED) is 0.678. The minimum absolute atomic E-state index is 0.0555. The van der Waals surface area contributed by atoms with E-state index >= 15 is 0 Å². The van der Waals surface area contributed by atoms with Gasteiger partial charge in [0.25, 0.3) is 0 Å². The van der Waals surface area contributed by atoms with Crippen LogP contribution in [0.1, 0.15) is 35.3 Å². The van der Waals surface area contributed by atoms with Crippen molar-refractivity contribution >= 4 is 16.0 Å². The van der Waals surface area contributed by atoms with Crippen molar-refractivity contribution in [3.05, 3.63) is 65.0 Å². The summed E-state index contributed by atoms with van der Waals surface area (Å²) in [5, 5.41) is 8.77. The van der Waals surface area contributed by atoms with Crippen molar-refractivity contribution in [1.82, 2.24) is 4.31 Å². The third-order valence-corrected chi connectivity index (χ3v) is 6.01. The van der Waals surface area contributed by atoms with Crippen molar-refractivity contribution in [2.24, 2.45) is 0 Å². The molecule has 0 N–H and O–H groups in total. The summed E-state index contributed by atoms with van der Waals surface area (Å²) in [6.45, 7) is 3.61. The zero-order valence-corrected chi connectivity index (χ0v) is 15.8. The third kappa shape index (κ3) is 4.70. The fourth-order valence-electron chi connectivity index (χ4n) is 2.44. The van der Waals surface area contributed by atoms with E-state index in [0.717, 1.165) is 16.4 Å². The Kier molecular flexibility index (Phi) is 6.66. The van der Waals surface area contributed by atoms with Crippen molar-refractivity contribution < 1.29 is 22.3 Å². The molecule has 2 aromatic carbocycles. The minimum Gasteiger partial charge on any atom is -0.457 e. The van der Waals surface area contributed by atoms with Crippen LogP contribution < -0.4 is 0 Å². The van der Waals surface area contributed by atoms with Gasteiger partial charge in [-0.15, -0.1) is 0 Å². The topological polar surface area (TPSA) is 87.5 Å². The van der Waals surface area contributed by atoms with Crippen LogP contribution in [0.2, 0.25) is 0 Å². The molecule has 0 bridgehead atoms. The summed E-state index contributed by atoms with van der Waals surface area (Å²) >= 11 is 0. The van der Waals surface area contributed by atoms with Gasteiger partial charge in [0.15, 0.2) is 0 Å². The number of carbonyl (C=O) groups excluding carboxylic acids is 1. The van der Waals surface area contributed by atoms with Gasteiger partial charge in [0, 0.05) is 13.1 Å². The molecular weight excluding hydrogens is 371 g/mol. The van der Waals surface area contributed by atoms with Crippen LogP contribution in [0.15, 0.2) is 47.4 Å². The number of hydrogen-bond donors (Lipinski definition) is 0. The maximum Gasteiger partial charge on any atom is 0.338 e. The van der Waals surface area contributed by atoms with Gasteiger partial charge in [-0.1, -0.05) is 26.0 Å². The highest BCUT2D eigenvalue weighted by Gasteiger charge is 2.26. The molecule has 0 saturated carbocycles. The Labute approximate surface area is 157 Å². The highest BCUT2D eigenvalue weighted by atomic mass is 32.2. The molecule has 2 aromatic rings. The fourth-order valence-corrected chi connectivity index (χ4v) is 3.99. The number of benzene rings is 2. The molecule has 0 radical (unpaired) electrons. The van der Waals surface area contributed by atoms with Crippen molar-refractivity contribution in [3.8, 4) is 6.07 Å². The molecule has 0 aliphatic heterocycles. The van der Waals surface area contributed by atoms with Crippen molar-refractivity contribution in [2.45, 2.75) is 25.3 Å². The molecule has 8 heteroatoms. The van der Waals surface area contributed by atoms with Gasteiger partial charge < -0.3 is 4.74 Å². The number of carbonyl (C=O) groups is 1. The average molecular weight is 390 g/mol. The van der Waals surface area contributed by atoms with Gasteiger partial charge in [0.05, 0.1) is 17.2 Å². The SMILES string of the molecule is CCN(CC)S(=O)(=O)c1cc(C(=O)OCc2ccc(C#N)cc2)ccc1F. The molecule has 0 spiro atoms. The van der Waals surface area contributed by atoms with Gasteiger partial charge in [-0.05, 0) is 35.9 Å². The zero-order chi connectivity index (χ0) is 20.0. The maximum atomic E-state index is 14.1. The number of hydrogen-bond acceptors (Lipinski definition) is 5. The van der Waals surface area contributed by atoms with Gasteiger partial charge in [-0.25, -0.2) is 17.6 Å². The number of rotatable bonds is 7. The molecule has 2 rings (SSSR count). The van der Waals surface area contributed by atoms with Crippen LogP contribution in [0.5, 0.6) is 0 Å². The molecule has 142 valence electrons. The number of nitrogens with zero attached hydrogens (tertiary/aromatic N) is 2. The lowest BCUT2D eigenvalue weighted by molar-refractivity contribution is 0.0472. The standard InChI is InChI=1S/C19H19FN2O4S/c1-3-22(4-2)27(24,25)18-11-16(9-10-17(18)20)19(23)26-13-15-7-5-14(12-21)6-8-15/h5-11H,3-4,13H2,1-2H3. The second kappa shape index (κ2) is 8.75. The highest BCUT2D eigenvalue weighted by Crippen LogP contribution is 2.21. The summed E-state index contributed by atoms with van der Waals surface area (Å²) in [6.07, 6.45) is 0. The van der Waals surface area contributed by atoms with E-state index in [0.29, 0.717) is 11.1 Å². The number of halogens is 1. The second-order valence-corrected chi connectivity index (χ2v) is 7.53. The van der Waals surface area contributed by atoms with Crippen LogP contribution in [-0.4, -0.2) is 31.8 Å². The molecule has 0 amide bonds. The largest absolute Gasteiger partial charge is 0.457 e. The number of nitriles is 1. The Hall–Kier alpha value is -2.76. The summed E-state index contributed by atoms with van der Waals surface area (Å²) in [7, 11) is -4.04. The van der Waals surface area contributed by atoms with E-state index < -0.39 is 26.7 Å². The van der Waals surface area contributed by atoms with Gasteiger partial charge >= 0.3 is 5.97 Å². The lowest BCUT2D eigenvalue weighted by atomic mass is 10.1. The lowest BCUT2D eigenvalue weighted by Gasteiger charge is -2.19. The molecule has 0 fully saturated rings. The van der Waals surface area contributed by atoms with E-state index in [2.05, 4.69) is 0 Å². The first-order valence-corrected chi connectivity index (χ1v) is 9.73. The van der Waals surface area contributed by atoms with Crippen LogP contribution in [-0.2, 0) is 21.4 Å². The Morgan fingerprint density at radius 1 is 1.15 bits per heavy atom. The first-order chi connectivity index (χ1) is 12.8. The summed E-state index contributed by atoms with van der Waals surface area (Å²) in [4.78, 5) is 11.7. The van der Waals surface area contributed by atoms with Crippen LogP contribution in [0.4, 0.5) is 4.39 Å². The van der Waals surface area contributed by atoms with E-state index in [4.69, 9.17) is 10.00 Å². The van der Waals surface area contributed by atoms with E-state index in [1.54, 1.807) is 38.1 Å². The van der Waals surface area contributed by atoms with Crippen LogP contribution in [0, 0.1) is 17.1 Å². The average Bonchev–Trinajstić information content (AvgIpc) is 2.67. The molecule has 0 aliphatic carbocycles. The van der Waals surface area contributed by atoms with E-state index in [9.17, 15) is 17.6 Å². The maximum absolute atomic E-state index is 14.1. The molecule has 0 saturated heterocycles. The van der Waals surface area contributed by atoms with E-state index in [-0.39, 0.29) is 25.3 Å². The highest BCUT2D eigenvalue weighted by molar-refractivity contribution is 7.89. The van der Waals surface area contributed by atoms with E-state index in [1.807, 2.05) is 6.07 Å². The second-order valence-electron chi connectivity index (χ2n) is 5.62. The van der Waals surface area contributed by atoms with Crippen LogP contribution >= 0.6 is 0 Å². The van der Waals surface area contributed by atoms with Gasteiger partial charge in [0.2, 0.25) is 10.0 Å². The minimum atomic E-state index is -4.04. The molecule has 6 nitrogen and oxygen atoms in total. The monoisotopic (exact) mass is 390 g/mol. The molecular formula is C19H19FN2O4S. The summed E-state index contributed by atoms with van der Waals surface area (Å²) < 4.78 is 45.4. The summed E-state index contributed by atoms with van der Waals surface area (Å²) in [5.41, 5.74) is 1.09. The van der Waals surface area contributed by atoms with Crippen molar-refractivity contribution in [3.63, 3.8) is 0 Å². The lowest BCUT2D eigenvalue weighted by Crippen LogP contribution is -2.31. The normalized spacial score (nSPS) is 11.2. The van der Waals surface area contributed by atoms with Crippen molar-refractivity contribution in [1.29, 1.82) is 5.26 Å². The number of ether oxygens (including phenoxy) is 1. The van der Waals surface area contributed by atoms with Crippen molar-refractivity contribution in [2.75, 3.05) is 13.1 Å². The van der Waals surface area contributed by atoms with Crippen LogP contribution in [0.3, 0.4) is 0 Å². The number of esters is 1. The van der Waals surface area contributed by atoms with Crippen LogP contribution in [0.25, 0.3) is 0 Å². The Balaban J connectivity index is 2.21. The Morgan fingerprint density at radius 2 is 1.78 bits per heavy atom. The predicted octanol–water partition coefficient (Wildman–Crippen LogP) is 3.08. The summed E-state index contributed by atoms with van der Waals surface area (Å²) in [6, 6.07) is 11.6. The predicted molar refractivity (Wildman–Crippen MR) is 96.8 cm³/mol. The first-order valence-electron chi connectivity index (χ1n) is 8.29. The first kappa shape index (κ1) is 20.6. The molecule has 0 aliphatic rings. The van der Waals surface area contributed by atoms with Gasteiger partial charge in [-0.2, -0.15) is 9.57 Å². The Bertz CT molecular complexity index is 962. The smallest absolute Gasteiger partial charge is 0.338 e. The third-order valence-electron chi connectivity index (χ3n) is 3.94. The number of sulfonamides is 1. The molecule has 0 heterocycles. The molecule has 27 heavy (non-hydrogen) atoms. The molecule has 0 unspecified atom stereocenters. The Morgan fingerprint density at radius 3 is 2.33 bits per heavy atom. The van der Waals surface area contributed by atoms with E-state index in [1.165, 1.54) is 6.07 Å². The molecule has 0 atom stereocenters. The molecule has 0 aromatic heterocycles. The fraction of sp³-hybridized carbons (Fsp3) is 0.263. The zero-order valence-electron chi connectivity index (χ0n) is 15.0.